The maximum absolute atomic E-state index is 13.0. The lowest BCUT2D eigenvalue weighted by Gasteiger charge is -2.18. The van der Waals surface area contributed by atoms with Gasteiger partial charge in [0.2, 0.25) is 5.91 Å². The second-order valence-corrected chi connectivity index (χ2v) is 3.94. The summed E-state index contributed by atoms with van der Waals surface area (Å²) in [5.41, 5.74) is 0. The van der Waals surface area contributed by atoms with Crippen molar-refractivity contribution >= 4 is 18.3 Å². The molecular weight excluding hydrogens is 271 g/mol. The van der Waals surface area contributed by atoms with Gasteiger partial charge in [0.1, 0.15) is 17.7 Å². The van der Waals surface area contributed by atoms with E-state index in [1.807, 2.05) is 6.92 Å². The van der Waals surface area contributed by atoms with Crippen molar-refractivity contribution in [3.05, 3.63) is 30.1 Å². The lowest BCUT2D eigenvalue weighted by atomic mass is 10.2. The molecule has 1 atom stereocenters. The fraction of sp³-hybridized carbons (Fsp3) is 0.462. The molecular formula is C13H20ClFN2O2. The largest absolute Gasteiger partial charge is 0.489 e. The van der Waals surface area contributed by atoms with E-state index in [1.54, 1.807) is 19.2 Å². The van der Waals surface area contributed by atoms with E-state index < -0.39 is 0 Å². The van der Waals surface area contributed by atoms with Crippen molar-refractivity contribution in [3.8, 4) is 5.75 Å². The Morgan fingerprint density at radius 2 is 2.21 bits per heavy atom. The molecule has 1 rings (SSSR count). The van der Waals surface area contributed by atoms with Crippen LogP contribution in [-0.2, 0) is 4.79 Å². The van der Waals surface area contributed by atoms with Gasteiger partial charge in [0.15, 0.2) is 0 Å². The number of likely N-dealkylation sites (N-methyl/N-ethyl adjacent to an activating group) is 1. The molecule has 108 valence electrons. The van der Waals surface area contributed by atoms with E-state index in [4.69, 9.17) is 4.74 Å². The van der Waals surface area contributed by atoms with Crippen molar-refractivity contribution in [2.75, 3.05) is 20.1 Å². The summed E-state index contributed by atoms with van der Waals surface area (Å²) in [6.07, 6.45) is 0.573. The number of hydrogen-bond donors (Lipinski definition) is 2. The van der Waals surface area contributed by atoms with Crippen LogP contribution in [-0.4, -0.2) is 32.1 Å². The quantitative estimate of drug-likeness (QED) is 0.804. The van der Waals surface area contributed by atoms with Crippen molar-refractivity contribution in [1.82, 2.24) is 10.6 Å². The highest BCUT2D eigenvalue weighted by molar-refractivity contribution is 5.85. The van der Waals surface area contributed by atoms with Crippen LogP contribution in [0.3, 0.4) is 0 Å². The summed E-state index contributed by atoms with van der Waals surface area (Å²) in [4.78, 5) is 11.3. The average Bonchev–Trinajstić information content (AvgIpc) is 2.35. The van der Waals surface area contributed by atoms with Crippen molar-refractivity contribution < 1.29 is 13.9 Å². The molecule has 1 amide bonds. The third-order valence-electron chi connectivity index (χ3n) is 2.42. The molecule has 0 aliphatic heterocycles. The van der Waals surface area contributed by atoms with Crippen LogP contribution >= 0.6 is 12.4 Å². The van der Waals surface area contributed by atoms with E-state index >= 15 is 0 Å². The maximum Gasteiger partial charge on any atom is 0.234 e. The van der Waals surface area contributed by atoms with Crippen molar-refractivity contribution in [2.45, 2.75) is 19.4 Å². The fourth-order valence-electron chi connectivity index (χ4n) is 1.45. The smallest absolute Gasteiger partial charge is 0.234 e. The van der Waals surface area contributed by atoms with Gasteiger partial charge in [-0.05, 0) is 25.6 Å². The summed E-state index contributed by atoms with van der Waals surface area (Å²) in [5.74, 6) is 0.0603. The number of benzene rings is 1. The predicted octanol–water partition coefficient (Wildman–Crippen LogP) is 1.74. The Kier molecular flexibility index (Phi) is 8.91. The minimum atomic E-state index is -0.332. The molecule has 0 aliphatic carbocycles. The molecule has 0 saturated carbocycles. The van der Waals surface area contributed by atoms with E-state index in [-0.39, 0.29) is 36.8 Å². The molecule has 0 heterocycles. The normalized spacial score (nSPS) is 11.3. The summed E-state index contributed by atoms with van der Waals surface area (Å²) in [6, 6.07) is 5.98. The van der Waals surface area contributed by atoms with E-state index in [0.29, 0.717) is 12.3 Å². The third kappa shape index (κ3) is 6.98. The van der Waals surface area contributed by atoms with E-state index in [9.17, 15) is 9.18 Å². The van der Waals surface area contributed by atoms with Gasteiger partial charge < -0.3 is 15.4 Å². The second kappa shape index (κ2) is 9.58. The summed E-state index contributed by atoms with van der Waals surface area (Å²) in [5, 5.41) is 5.51. The molecule has 0 saturated heterocycles. The molecule has 0 spiro atoms. The van der Waals surface area contributed by atoms with Gasteiger partial charge in [0, 0.05) is 6.07 Å². The summed E-state index contributed by atoms with van der Waals surface area (Å²) >= 11 is 0. The molecule has 0 aromatic heterocycles. The number of nitrogens with one attached hydrogen (secondary N) is 2. The molecule has 1 unspecified atom stereocenters. The zero-order valence-corrected chi connectivity index (χ0v) is 11.9. The monoisotopic (exact) mass is 290 g/mol. The standard InChI is InChI=1S/C13H19FN2O2.ClH/c1-3-11(8-16-13(17)9-15-2)18-12-6-4-5-10(14)7-12;/h4-7,11,15H,3,8-9H2,1-2H3,(H,16,17);1H. The first-order chi connectivity index (χ1) is 8.65. The molecule has 19 heavy (non-hydrogen) atoms. The first kappa shape index (κ1) is 17.7. The lowest BCUT2D eigenvalue weighted by molar-refractivity contribution is -0.120. The molecule has 0 radical (unpaired) electrons. The van der Waals surface area contributed by atoms with Gasteiger partial charge in [-0.3, -0.25) is 4.79 Å². The molecule has 1 aromatic carbocycles. The highest BCUT2D eigenvalue weighted by Crippen LogP contribution is 2.14. The zero-order valence-electron chi connectivity index (χ0n) is 11.1. The molecule has 0 fully saturated rings. The number of carbonyl (C=O) groups excluding carboxylic acids is 1. The lowest BCUT2D eigenvalue weighted by Crippen LogP contribution is -2.39. The highest BCUT2D eigenvalue weighted by Gasteiger charge is 2.10. The molecule has 0 bridgehead atoms. The van der Waals surface area contributed by atoms with Gasteiger partial charge in [-0.1, -0.05) is 13.0 Å². The molecule has 4 nitrogen and oxygen atoms in total. The van der Waals surface area contributed by atoms with Crippen LogP contribution in [0.5, 0.6) is 5.75 Å². The number of hydrogen-bond acceptors (Lipinski definition) is 3. The molecule has 6 heteroatoms. The second-order valence-electron chi connectivity index (χ2n) is 3.94. The SMILES string of the molecule is CCC(CNC(=O)CNC)Oc1cccc(F)c1.Cl. The first-order valence-electron chi connectivity index (χ1n) is 5.99. The highest BCUT2D eigenvalue weighted by atomic mass is 35.5. The third-order valence-corrected chi connectivity index (χ3v) is 2.42. The Morgan fingerprint density at radius 3 is 2.79 bits per heavy atom. The van der Waals surface area contributed by atoms with E-state index in [2.05, 4.69) is 10.6 Å². The first-order valence-corrected chi connectivity index (χ1v) is 5.99. The minimum absolute atomic E-state index is 0. The fourth-order valence-corrected chi connectivity index (χ4v) is 1.45. The minimum Gasteiger partial charge on any atom is -0.489 e. The van der Waals surface area contributed by atoms with Gasteiger partial charge in [-0.25, -0.2) is 4.39 Å². The summed E-state index contributed by atoms with van der Waals surface area (Å²) in [7, 11) is 1.71. The maximum atomic E-state index is 13.0. The average molecular weight is 291 g/mol. The Bertz CT molecular complexity index is 391. The van der Waals surface area contributed by atoms with Gasteiger partial charge in [0.25, 0.3) is 0 Å². The van der Waals surface area contributed by atoms with Crippen molar-refractivity contribution in [2.24, 2.45) is 0 Å². The molecule has 0 aliphatic rings. The van der Waals surface area contributed by atoms with Gasteiger partial charge in [0.05, 0.1) is 13.1 Å². The van der Waals surface area contributed by atoms with Gasteiger partial charge >= 0.3 is 0 Å². The van der Waals surface area contributed by atoms with Crippen molar-refractivity contribution in [1.29, 1.82) is 0 Å². The van der Waals surface area contributed by atoms with Crippen LogP contribution in [0.1, 0.15) is 13.3 Å². The molecule has 1 aromatic rings. The van der Waals surface area contributed by atoms with Crippen molar-refractivity contribution in [3.63, 3.8) is 0 Å². The Balaban J connectivity index is 0.00000324. The summed E-state index contributed by atoms with van der Waals surface area (Å²) < 4.78 is 18.6. The van der Waals surface area contributed by atoms with E-state index in [0.717, 1.165) is 6.42 Å². The number of rotatable bonds is 7. The van der Waals surface area contributed by atoms with Crippen LogP contribution in [0.25, 0.3) is 0 Å². The Hall–Kier alpha value is -1.33. The van der Waals surface area contributed by atoms with Crippen LogP contribution in [0, 0.1) is 5.82 Å². The zero-order chi connectivity index (χ0) is 13.4. The van der Waals surface area contributed by atoms with Crippen LogP contribution in [0.15, 0.2) is 24.3 Å². The number of carbonyl (C=O) groups is 1. The van der Waals surface area contributed by atoms with Crippen LogP contribution in [0.4, 0.5) is 4.39 Å². The van der Waals surface area contributed by atoms with Gasteiger partial charge in [-0.15, -0.1) is 12.4 Å². The van der Waals surface area contributed by atoms with Gasteiger partial charge in [-0.2, -0.15) is 0 Å². The molecule has 2 N–H and O–H groups in total. The predicted molar refractivity (Wildman–Crippen MR) is 75.3 cm³/mol. The van der Waals surface area contributed by atoms with Crippen LogP contribution in [0.2, 0.25) is 0 Å². The number of ether oxygens (including phenoxy) is 1. The topological polar surface area (TPSA) is 50.4 Å². The Labute approximate surface area is 119 Å². The number of halogens is 2. The van der Waals surface area contributed by atoms with Crippen LogP contribution < -0.4 is 15.4 Å². The summed E-state index contributed by atoms with van der Waals surface area (Å²) in [6.45, 7) is 2.64. The van der Waals surface area contributed by atoms with E-state index in [1.165, 1.54) is 12.1 Å². The Morgan fingerprint density at radius 1 is 1.47 bits per heavy atom. The number of amides is 1.